The van der Waals surface area contributed by atoms with Gasteiger partial charge in [-0.05, 0) is 44.4 Å². The first kappa shape index (κ1) is 16.3. The van der Waals surface area contributed by atoms with Gasteiger partial charge in [0.15, 0.2) is 11.5 Å². The van der Waals surface area contributed by atoms with Gasteiger partial charge in [-0.2, -0.15) is 8.42 Å². The maximum atomic E-state index is 13.3. The van der Waals surface area contributed by atoms with Gasteiger partial charge in [0, 0.05) is 13.0 Å². The molecular formula is C11H13BrFN7O4S. The van der Waals surface area contributed by atoms with Crippen LogP contribution in [0.15, 0.2) is 32.3 Å². The number of amidine groups is 1. The van der Waals surface area contributed by atoms with Crippen LogP contribution in [0.2, 0.25) is 0 Å². The number of hydrogen-bond acceptors (Lipinski definition) is 8. The lowest BCUT2D eigenvalue weighted by Crippen LogP contribution is -2.34. The largest absolute Gasteiger partial charge is 0.364 e. The van der Waals surface area contributed by atoms with E-state index in [1.807, 2.05) is 0 Å². The molecule has 0 radical (unpaired) electrons. The van der Waals surface area contributed by atoms with E-state index >= 15 is 0 Å². The molecule has 0 atom stereocenters. The Morgan fingerprint density at radius 1 is 1.52 bits per heavy atom. The molecule has 0 bridgehead atoms. The van der Waals surface area contributed by atoms with Crippen LogP contribution in [-0.2, 0) is 10.2 Å². The molecule has 1 aromatic heterocycles. The third-order valence-electron chi connectivity index (χ3n) is 2.53. The molecule has 25 heavy (non-hydrogen) atoms. The molecule has 11 nitrogen and oxygen atoms in total. The summed E-state index contributed by atoms with van der Waals surface area (Å²) in [4.78, 5) is 4.00. The minimum Gasteiger partial charge on any atom is -0.364 e. The fourth-order valence-electron chi connectivity index (χ4n) is 1.51. The first-order valence-electron chi connectivity index (χ1n) is 7.33. The van der Waals surface area contributed by atoms with Crippen molar-refractivity contribution in [3.8, 4) is 0 Å². The van der Waals surface area contributed by atoms with Gasteiger partial charge < -0.3 is 5.32 Å². The smallest absolute Gasteiger partial charge is 0.274 e. The third kappa shape index (κ3) is 5.71. The molecule has 0 aliphatic heterocycles. The number of nitrogens with zero attached hydrogens (tertiary/aromatic N) is 3. The molecule has 2 rings (SSSR count). The predicted octanol–water partition coefficient (Wildman–Crippen LogP) is 0.233. The summed E-state index contributed by atoms with van der Waals surface area (Å²) in [5.74, 6) is -1.11. The van der Waals surface area contributed by atoms with Gasteiger partial charge in [0.05, 0.1) is 12.9 Å². The van der Waals surface area contributed by atoms with Crippen LogP contribution in [0.1, 0.15) is 8.44 Å². The Kier molecular flexibility index (Phi) is 5.43. The summed E-state index contributed by atoms with van der Waals surface area (Å²) >= 11 is 2.99. The quantitative estimate of drug-likeness (QED) is 0.232. The topological polar surface area (TPSA) is 168 Å². The summed E-state index contributed by atoms with van der Waals surface area (Å²) in [6, 6.07) is 3.77. The van der Waals surface area contributed by atoms with Crippen molar-refractivity contribution in [2.24, 2.45) is 10.1 Å². The number of hydroxylamine groups is 1. The SMILES string of the molecule is [2H]C([2H])(CNS(N)(=O)=O)Nc1nonc1C(=Nc1ccc(F)c(Br)c1)NO. The lowest BCUT2D eigenvalue weighted by atomic mass is 10.3. The highest BCUT2D eigenvalue weighted by Gasteiger charge is 2.16. The van der Waals surface area contributed by atoms with Crippen molar-refractivity contribution in [3.63, 3.8) is 0 Å². The van der Waals surface area contributed by atoms with Crippen LogP contribution in [-0.4, -0.2) is 42.8 Å². The van der Waals surface area contributed by atoms with Gasteiger partial charge in [0.25, 0.3) is 10.2 Å². The average Bonchev–Trinajstić information content (AvgIpc) is 3.01. The summed E-state index contributed by atoms with van der Waals surface area (Å²) in [5.41, 5.74) is 1.74. The van der Waals surface area contributed by atoms with Crippen LogP contribution in [0, 0.1) is 5.82 Å². The van der Waals surface area contributed by atoms with E-state index in [0.717, 1.165) is 6.07 Å². The van der Waals surface area contributed by atoms with Gasteiger partial charge in [-0.3, -0.25) is 10.7 Å². The first-order valence-corrected chi connectivity index (χ1v) is 8.67. The molecule has 0 saturated heterocycles. The second kappa shape index (κ2) is 8.30. The molecular weight excluding hydrogens is 425 g/mol. The second-order valence-corrected chi connectivity index (χ2v) is 6.53. The van der Waals surface area contributed by atoms with E-state index in [0.29, 0.717) is 0 Å². The molecule has 0 unspecified atom stereocenters. The molecule has 136 valence electrons. The molecule has 0 aliphatic carbocycles. The monoisotopic (exact) mass is 439 g/mol. The zero-order valence-electron chi connectivity index (χ0n) is 14.2. The Hall–Kier alpha value is -2.13. The summed E-state index contributed by atoms with van der Waals surface area (Å²) < 4.78 is 57.0. The summed E-state index contributed by atoms with van der Waals surface area (Å²) in [6.45, 7) is -3.08. The van der Waals surface area contributed by atoms with Crippen molar-refractivity contribution in [1.82, 2.24) is 20.5 Å². The van der Waals surface area contributed by atoms with Crippen molar-refractivity contribution in [2.45, 2.75) is 0 Å². The number of rotatable bonds is 7. The normalized spacial score (nSPS) is 14.0. The molecule has 2 aromatic rings. The van der Waals surface area contributed by atoms with E-state index in [9.17, 15) is 18.0 Å². The highest BCUT2D eigenvalue weighted by molar-refractivity contribution is 9.10. The van der Waals surface area contributed by atoms with Crippen molar-refractivity contribution < 1.29 is 25.4 Å². The minimum absolute atomic E-state index is 0.128. The average molecular weight is 440 g/mol. The van der Waals surface area contributed by atoms with Gasteiger partial charge in [0.1, 0.15) is 5.82 Å². The van der Waals surface area contributed by atoms with Crippen molar-refractivity contribution in [2.75, 3.05) is 18.4 Å². The van der Waals surface area contributed by atoms with Gasteiger partial charge >= 0.3 is 0 Å². The van der Waals surface area contributed by atoms with Crippen LogP contribution in [0.4, 0.5) is 15.9 Å². The number of halogens is 2. The summed E-state index contributed by atoms with van der Waals surface area (Å²) in [7, 11) is -4.12. The highest BCUT2D eigenvalue weighted by Crippen LogP contribution is 2.23. The fraction of sp³-hybridized carbons (Fsp3) is 0.182. The van der Waals surface area contributed by atoms with Crippen molar-refractivity contribution >= 4 is 43.5 Å². The molecule has 0 saturated carbocycles. The predicted molar refractivity (Wildman–Crippen MR) is 89.1 cm³/mol. The Labute approximate surface area is 152 Å². The highest BCUT2D eigenvalue weighted by atomic mass is 79.9. The number of nitrogens with two attached hydrogens (primary N) is 1. The molecule has 1 aromatic carbocycles. The van der Waals surface area contributed by atoms with Gasteiger partial charge in [-0.25, -0.2) is 23.9 Å². The van der Waals surface area contributed by atoms with Gasteiger partial charge in [-0.1, -0.05) is 0 Å². The summed E-state index contributed by atoms with van der Waals surface area (Å²) in [5, 5.41) is 23.2. The number of benzene rings is 1. The van der Waals surface area contributed by atoms with Gasteiger partial charge in [0.2, 0.25) is 5.82 Å². The second-order valence-electron chi connectivity index (χ2n) is 4.30. The Morgan fingerprint density at radius 2 is 2.28 bits per heavy atom. The fourth-order valence-corrected chi connectivity index (χ4v) is 2.15. The lowest BCUT2D eigenvalue weighted by molar-refractivity contribution is 0.234. The standard InChI is InChI=1S/C11H13BrFN7O4S/c12-7-5-6(1-2-8(7)13)17-11(18-21)9-10(20-24-19-9)15-3-4-16-25(14,22)23/h1-2,5,16,21H,3-4H2,(H,15,20)(H,17,18)(H2,14,22,23)/i3D2. The van der Waals surface area contributed by atoms with Gasteiger partial charge in [-0.15, -0.1) is 0 Å². The van der Waals surface area contributed by atoms with E-state index in [2.05, 4.69) is 41.2 Å². The van der Waals surface area contributed by atoms with Crippen molar-refractivity contribution in [3.05, 3.63) is 34.2 Å². The Bertz CT molecular complexity index is 956. The number of anilines is 1. The molecule has 0 amide bonds. The number of nitrogens with one attached hydrogen (secondary N) is 3. The third-order valence-corrected chi connectivity index (χ3v) is 3.69. The van der Waals surface area contributed by atoms with Crippen molar-refractivity contribution in [1.29, 1.82) is 0 Å². The number of aliphatic imine (C=N–C) groups is 1. The molecule has 0 spiro atoms. The number of aromatic nitrogens is 2. The lowest BCUT2D eigenvalue weighted by Gasteiger charge is -2.06. The van der Waals surface area contributed by atoms with Crippen LogP contribution >= 0.6 is 15.9 Å². The van der Waals surface area contributed by atoms with E-state index in [-0.39, 0.29) is 27.5 Å². The van der Waals surface area contributed by atoms with E-state index < -0.39 is 29.1 Å². The molecule has 6 N–H and O–H groups in total. The molecule has 0 aliphatic rings. The molecule has 0 fully saturated rings. The molecule has 14 heteroatoms. The summed E-state index contributed by atoms with van der Waals surface area (Å²) in [6.07, 6.45) is 0. The maximum absolute atomic E-state index is 13.3. The van der Waals surface area contributed by atoms with E-state index in [1.165, 1.54) is 12.1 Å². The van der Waals surface area contributed by atoms with E-state index in [1.54, 1.807) is 10.2 Å². The van der Waals surface area contributed by atoms with Crippen LogP contribution in [0.25, 0.3) is 0 Å². The van der Waals surface area contributed by atoms with Crippen LogP contribution in [0.3, 0.4) is 0 Å². The van der Waals surface area contributed by atoms with Crippen LogP contribution < -0.4 is 20.7 Å². The first-order chi connectivity index (χ1) is 12.5. The Balaban J connectivity index is 2.27. The van der Waals surface area contributed by atoms with E-state index in [4.69, 9.17) is 7.88 Å². The minimum atomic E-state index is -4.12. The van der Waals surface area contributed by atoms with Crippen LogP contribution in [0.5, 0.6) is 0 Å². The number of hydrogen-bond donors (Lipinski definition) is 5. The maximum Gasteiger partial charge on any atom is 0.274 e. The zero-order chi connectivity index (χ0) is 20.2. The Morgan fingerprint density at radius 3 is 2.92 bits per heavy atom. The molecule has 1 heterocycles. The zero-order valence-corrected chi connectivity index (χ0v) is 14.6.